The second kappa shape index (κ2) is 10.6. The molecule has 4 atom stereocenters. The van der Waals surface area contributed by atoms with Gasteiger partial charge >= 0.3 is 17.9 Å². The predicted molar refractivity (Wildman–Crippen MR) is 111 cm³/mol. The monoisotopic (exact) mass is 482 g/mol. The predicted octanol–water partition coefficient (Wildman–Crippen LogP) is 2.67. The van der Waals surface area contributed by atoms with Crippen LogP contribution in [0.4, 0.5) is 8.78 Å². The second-order valence-electron chi connectivity index (χ2n) is 6.99. The van der Waals surface area contributed by atoms with Gasteiger partial charge < -0.3 is 18.9 Å². The van der Waals surface area contributed by atoms with E-state index in [2.05, 4.69) is 9.97 Å². The molecular weight excluding hydrogens is 462 g/mol. The Morgan fingerprint density at radius 3 is 2.18 bits per heavy atom. The van der Waals surface area contributed by atoms with Gasteiger partial charge in [0.25, 0.3) is 0 Å². The van der Waals surface area contributed by atoms with Crippen LogP contribution in [0.2, 0.25) is 0 Å². The Morgan fingerprint density at radius 2 is 1.61 bits per heavy atom. The molecule has 0 aromatic carbocycles. The van der Waals surface area contributed by atoms with E-state index in [1.807, 2.05) is 0 Å². The zero-order chi connectivity index (χ0) is 24.1. The van der Waals surface area contributed by atoms with Crippen LogP contribution >= 0.6 is 11.8 Å². The lowest BCUT2D eigenvalue weighted by Crippen LogP contribution is -2.55. The third-order valence-electron chi connectivity index (χ3n) is 4.37. The minimum atomic E-state index is -1.15. The van der Waals surface area contributed by atoms with Crippen LogP contribution in [-0.2, 0) is 28.6 Å². The lowest BCUT2D eigenvalue weighted by Gasteiger charge is -2.39. The quantitative estimate of drug-likeness (QED) is 0.346. The molecule has 0 unspecified atom stereocenters. The van der Waals surface area contributed by atoms with Crippen molar-refractivity contribution >= 4 is 29.7 Å². The number of ether oxygens (including phenoxy) is 4. The highest BCUT2D eigenvalue weighted by molar-refractivity contribution is 7.99. The van der Waals surface area contributed by atoms with E-state index < -0.39 is 53.4 Å². The largest absolute Gasteiger partial charge is 0.474 e. The fourth-order valence-corrected chi connectivity index (χ4v) is 4.37. The Kier molecular flexibility index (Phi) is 7.79. The second-order valence-corrected chi connectivity index (χ2v) is 8.12. The molecule has 176 valence electrons. The summed E-state index contributed by atoms with van der Waals surface area (Å²) in [5.74, 6) is -3.25. The Balaban J connectivity index is 1.85. The van der Waals surface area contributed by atoms with E-state index in [0.717, 1.165) is 43.9 Å². The molecule has 1 aliphatic rings. The molecule has 0 aliphatic carbocycles. The number of hydrogen-bond donors (Lipinski definition) is 0. The Morgan fingerprint density at radius 1 is 0.939 bits per heavy atom. The van der Waals surface area contributed by atoms with Gasteiger partial charge in [0.1, 0.15) is 11.4 Å². The zero-order valence-electron chi connectivity index (χ0n) is 17.8. The molecule has 12 heteroatoms. The summed E-state index contributed by atoms with van der Waals surface area (Å²) in [6.07, 6.45) is -0.786. The molecular formula is C21H20F2N2O7S. The Bertz CT molecular complexity index is 1040. The minimum Gasteiger partial charge on any atom is -0.474 e. The lowest BCUT2D eigenvalue weighted by atomic mass is 10.1. The standard InChI is InChI=1S/C21H20F2N2O7S/c1-10(26)29-16-9-33-21(20(31-12(3)28)19(16)30-11(2)27)32-14-6-15(22)18(25-8-14)13-4-5-17(23)24-7-13/h4-8,16,19-21H,9H2,1-3H3/t16-,19+,20-,21-/m1/s1. The van der Waals surface area contributed by atoms with E-state index in [1.165, 1.54) is 19.2 Å². The van der Waals surface area contributed by atoms with Crippen LogP contribution in [-0.4, -0.2) is 57.4 Å². The number of hydrogen-bond acceptors (Lipinski definition) is 10. The number of carbonyl (C=O) groups excluding carboxylic acids is 3. The van der Waals surface area contributed by atoms with Crippen molar-refractivity contribution in [2.75, 3.05) is 5.75 Å². The summed E-state index contributed by atoms with van der Waals surface area (Å²) in [4.78, 5) is 42.3. The molecule has 9 nitrogen and oxygen atoms in total. The first kappa shape index (κ1) is 24.4. The Hall–Kier alpha value is -3.28. The first-order valence-electron chi connectivity index (χ1n) is 9.71. The SMILES string of the molecule is CC(=O)O[C@@H]1[C@@H](OC(C)=O)[C@H](OC(C)=O)CS[C@H]1Oc1cnc(-c2ccc(F)nc2)c(F)c1. The summed E-state index contributed by atoms with van der Waals surface area (Å²) in [6.45, 7) is 3.52. The van der Waals surface area contributed by atoms with Crippen LogP contribution in [0, 0.1) is 11.8 Å². The number of thioether (sulfide) groups is 1. The van der Waals surface area contributed by atoms with Gasteiger partial charge in [0.15, 0.2) is 29.6 Å². The van der Waals surface area contributed by atoms with Gasteiger partial charge in [-0.2, -0.15) is 4.39 Å². The molecule has 0 saturated carbocycles. The first-order chi connectivity index (χ1) is 15.6. The van der Waals surface area contributed by atoms with Gasteiger partial charge in [-0.25, -0.2) is 14.4 Å². The molecule has 3 heterocycles. The van der Waals surface area contributed by atoms with Crippen molar-refractivity contribution in [3.8, 4) is 17.0 Å². The summed E-state index contributed by atoms with van der Waals surface area (Å²) in [6, 6.07) is 3.48. The number of nitrogens with zero attached hydrogens (tertiary/aromatic N) is 2. The minimum absolute atomic E-state index is 0.00786. The average Bonchev–Trinajstić information content (AvgIpc) is 2.72. The van der Waals surface area contributed by atoms with Gasteiger partial charge in [0, 0.05) is 44.4 Å². The molecule has 33 heavy (non-hydrogen) atoms. The van der Waals surface area contributed by atoms with Gasteiger partial charge in [0.2, 0.25) is 5.95 Å². The van der Waals surface area contributed by atoms with Crippen molar-refractivity contribution in [2.45, 2.75) is 44.5 Å². The zero-order valence-corrected chi connectivity index (χ0v) is 18.6. The van der Waals surface area contributed by atoms with E-state index in [1.54, 1.807) is 0 Å². The summed E-state index contributed by atoms with van der Waals surface area (Å²) in [5.41, 5.74) is -0.718. The van der Waals surface area contributed by atoms with Crippen LogP contribution in [0.5, 0.6) is 5.75 Å². The molecule has 1 fully saturated rings. The molecule has 3 rings (SSSR count). The van der Waals surface area contributed by atoms with Gasteiger partial charge in [-0.15, -0.1) is 11.8 Å². The highest BCUT2D eigenvalue weighted by atomic mass is 32.2. The Labute approximate surface area is 191 Å². The van der Waals surface area contributed by atoms with Crippen LogP contribution in [0.1, 0.15) is 20.8 Å². The number of aromatic nitrogens is 2. The van der Waals surface area contributed by atoms with Crippen LogP contribution < -0.4 is 4.74 Å². The maximum Gasteiger partial charge on any atom is 0.303 e. The highest BCUT2D eigenvalue weighted by Gasteiger charge is 2.47. The third kappa shape index (κ3) is 6.37. The highest BCUT2D eigenvalue weighted by Crippen LogP contribution is 2.35. The smallest absolute Gasteiger partial charge is 0.303 e. The van der Waals surface area contributed by atoms with Crippen molar-refractivity contribution < 1.29 is 42.1 Å². The van der Waals surface area contributed by atoms with Gasteiger partial charge in [-0.1, -0.05) is 0 Å². The lowest BCUT2D eigenvalue weighted by molar-refractivity contribution is -0.186. The first-order valence-corrected chi connectivity index (χ1v) is 10.8. The van der Waals surface area contributed by atoms with Gasteiger partial charge in [-0.3, -0.25) is 14.4 Å². The molecule has 0 radical (unpaired) electrons. The van der Waals surface area contributed by atoms with E-state index in [4.69, 9.17) is 18.9 Å². The van der Waals surface area contributed by atoms with E-state index in [9.17, 15) is 23.2 Å². The molecule has 2 aromatic rings. The summed E-state index contributed by atoms with van der Waals surface area (Å²) in [5, 5.41) is 0. The topological polar surface area (TPSA) is 114 Å². The van der Waals surface area contributed by atoms with Crippen molar-refractivity contribution in [3.63, 3.8) is 0 Å². The maximum absolute atomic E-state index is 14.7. The van der Waals surface area contributed by atoms with Crippen molar-refractivity contribution in [1.82, 2.24) is 9.97 Å². The fraction of sp³-hybridized carbons (Fsp3) is 0.381. The van der Waals surface area contributed by atoms with Crippen molar-refractivity contribution in [3.05, 3.63) is 42.4 Å². The van der Waals surface area contributed by atoms with Crippen molar-refractivity contribution in [1.29, 1.82) is 0 Å². The average molecular weight is 482 g/mol. The number of halogens is 2. The normalized spacial score (nSPS) is 22.2. The van der Waals surface area contributed by atoms with E-state index >= 15 is 0 Å². The van der Waals surface area contributed by atoms with Crippen LogP contribution in [0.25, 0.3) is 11.3 Å². The fourth-order valence-electron chi connectivity index (χ4n) is 3.16. The number of carbonyl (C=O) groups is 3. The van der Waals surface area contributed by atoms with Crippen LogP contribution in [0.15, 0.2) is 30.6 Å². The summed E-state index contributed by atoms with van der Waals surface area (Å²) in [7, 11) is 0. The molecule has 1 aliphatic heterocycles. The van der Waals surface area contributed by atoms with Gasteiger partial charge in [-0.05, 0) is 12.1 Å². The van der Waals surface area contributed by atoms with E-state index in [-0.39, 0.29) is 22.8 Å². The molecule has 0 amide bonds. The third-order valence-corrected chi connectivity index (χ3v) is 5.59. The number of rotatable bonds is 6. The molecule has 0 bridgehead atoms. The molecule has 2 aromatic heterocycles. The molecule has 0 spiro atoms. The van der Waals surface area contributed by atoms with Gasteiger partial charge in [0.05, 0.1) is 6.20 Å². The van der Waals surface area contributed by atoms with Crippen molar-refractivity contribution in [2.24, 2.45) is 0 Å². The molecule has 0 N–H and O–H groups in total. The number of pyridine rings is 2. The van der Waals surface area contributed by atoms with Crippen LogP contribution in [0.3, 0.4) is 0 Å². The summed E-state index contributed by atoms with van der Waals surface area (Å²) < 4.78 is 49.3. The number of esters is 3. The molecule has 1 saturated heterocycles. The van der Waals surface area contributed by atoms with E-state index in [0.29, 0.717) is 0 Å². The maximum atomic E-state index is 14.7. The summed E-state index contributed by atoms with van der Waals surface area (Å²) >= 11 is 1.13.